The van der Waals surface area contributed by atoms with Crippen LogP contribution in [0.1, 0.15) is 25.0 Å². The molecule has 2 heterocycles. The summed E-state index contributed by atoms with van der Waals surface area (Å²) < 4.78 is 1.23. The topological polar surface area (TPSA) is 38.7 Å². The Kier molecular flexibility index (Phi) is 9.16. The van der Waals surface area contributed by atoms with E-state index in [1.165, 1.54) is 32.5 Å². The Hall–Kier alpha value is -5.06. The predicted molar refractivity (Wildman–Crippen MR) is 199 cm³/mol. The summed E-state index contributed by atoms with van der Waals surface area (Å²) in [4.78, 5) is 13.9. The Bertz CT molecular complexity index is 2270. The molecule has 1 aliphatic carbocycles. The molecule has 0 saturated carbocycles. The third kappa shape index (κ3) is 6.41. The fourth-order valence-corrected chi connectivity index (χ4v) is 7.36. The van der Waals surface area contributed by atoms with E-state index < -0.39 is 0 Å². The Balaban J connectivity index is 0.000000151. The monoisotopic (exact) mass is 826 g/mol. The Morgan fingerprint density at radius 3 is 2.10 bits per heavy atom. The molecule has 1 aliphatic rings. The second-order valence-electron chi connectivity index (χ2n) is 12.3. The van der Waals surface area contributed by atoms with Gasteiger partial charge in [0.2, 0.25) is 0 Å². The van der Waals surface area contributed by atoms with Gasteiger partial charge in [-0.05, 0) is 40.3 Å². The van der Waals surface area contributed by atoms with Crippen molar-refractivity contribution in [3.8, 4) is 55.5 Å². The van der Waals surface area contributed by atoms with E-state index in [9.17, 15) is 0 Å². The van der Waals surface area contributed by atoms with Crippen LogP contribution >= 0.6 is 11.3 Å². The molecule has 0 fully saturated rings. The van der Waals surface area contributed by atoms with Crippen LogP contribution in [0.4, 0.5) is 0 Å². The Morgan fingerprint density at radius 2 is 1.31 bits per heavy atom. The molecule has 6 aromatic carbocycles. The first-order valence-corrected chi connectivity index (χ1v) is 16.8. The van der Waals surface area contributed by atoms with E-state index in [1.807, 2.05) is 54.6 Å². The molecule has 8 aromatic rings. The van der Waals surface area contributed by atoms with Crippen LogP contribution in [-0.2, 0) is 25.5 Å². The zero-order valence-corrected chi connectivity index (χ0v) is 30.2. The van der Waals surface area contributed by atoms with Crippen molar-refractivity contribution in [2.75, 3.05) is 0 Å². The molecule has 0 atom stereocenters. The molecule has 2 aromatic heterocycles. The van der Waals surface area contributed by atoms with E-state index in [2.05, 4.69) is 122 Å². The number of thiazole rings is 1. The Labute approximate surface area is 304 Å². The average molecular weight is 826 g/mol. The SMILES string of the molecule is CC1(C)c2ccccc2-c2c[c-]c(-c3nc4ccccc4s3)cc21.[Ir].[c-]1ccc(-c2ccccc2)cc1-c1nccc(-c2ccccc2)n1. The van der Waals surface area contributed by atoms with Crippen LogP contribution < -0.4 is 0 Å². The number of hydrogen-bond acceptors (Lipinski definition) is 4. The molecule has 0 amide bonds. The predicted octanol–water partition coefficient (Wildman–Crippen LogP) is 11.3. The van der Waals surface area contributed by atoms with Gasteiger partial charge in [-0.3, -0.25) is 15.0 Å². The molecule has 9 rings (SSSR count). The van der Waals surface area contributed by atoms with Gasteiger partial charge in [0.1, 0.15) is 0 Å². The molecule has 1 radical (unpaired) electrons. The number of rotatable bonds is 4. The molecule has 0 unspecified atom stereocenters. The van der Waals surface area contributed by atoms with Crippen LogP contribution in [0.5, 0.6) is 0 Å². The van der Waals surface area contributed by atoms with E-state index in [0.717, 1.165) is 38.5 Å². The summed E-state index contributed by atoms with van der Waals surface area (Å²) in [5.74, 6) is 0.689. The van der Waals surface area contributed by atoms with Crippen LogP contribution in [0.15, 0.2) is 152 Å². The summed E-state index contributed by atoms with van der Waals surface area (Å²) in [7, 11) is 0. The van der Waals surface area contributed by atoms with Crippen LogP contribution in [-0.4, -0.2) is 15.0 Å². The number of aromatic nitrogens is 3. The van der Waals surface area contributed by atoms with Crippen LogP contribution in [0.25, 0.3) is 65.7 Å². The standard InChI is InChI=1S/C22H15N2.C22H16NS.Ir/c1-3-8-17(9-4-1)19-12-7-13-20(16-19)22-23-15-14-21(24-22)18-10-5-2-6-11-18;1-22(2)17-8-4-3-7-15(17)16-12-11-14(13-18(16)22)21-23-19-9-5-6-10-20(19)24-21;/h1-12,14-16H;3-10,12-13H,1-2H3;/q2*-1;. The van der Waals surface area contributed by atoms with Gasteiger partial charge in [-0.15, -0.1) is 64.7 Å². The molecule has 0 N–H and O–H groups in total. The smallest absolute Gasteiger partial charge is 0.0755 e. The summed E-state index contributed by atoms with van der Waals surface area (Å²) >= 11 is 1.74. The van der Waals surface area contributed by atoms with Gasteiger partial charge >= 0.3 is 0 Å². The molecule has 239 valence electrons. The molecule has 0 bridgehead atoms. The second kappa shape index (κ2) is 13.8. The van der Waals surface area contributed by atoms with E-state index >= 15 is 0 Å². The van der Waals surface area contributed by atoms with Crippen LogP contribution in [0.3, 0.4) is 0 Å². The van der Waals surface area contributed by atoms with Gasteiger partial charge in [0.15, 0.2) is 0 Å². The van der Waals surface area contributed by atoms with Gasteiger partial charge < -0.3 is 0 Å². The second-order valence-corrected chi connectivity index (χ2v) is 13.4. The number of fused-ring (bicyclic) bond motifs is 4. The maximum absolute atomic E-state index is 4.79. The van der Waals surface area contributed by atoms with Crippen molar-refractivity contribution in [3.63, 3.8) is 0 Å². The van der Waals surface area contributed by atoms with E-state index in [-0.39, 0.29) is 25.5 Å². The maximum Gasteiger partial charge on any atom is 0.0755 e. The molecule has 0 saturated heterocycles. The number of nitrogens with zero attached hydrogens (tertiary/aromatic N) is 3. The number of para-hydroxylation sites is 1. The fourth-order valence-electron chi connectivity index (χ4n) is 6.41. The quantitative estimate of drug-likeness (QED) is 0.166. The molecule has 3 nitrogen and oxygen atoms in total. The van der Waals surface area contributed by atoms with E-state index in [1.54, 1.807) is 17.5 Å². The maximum atomic E-state index is 4.79. The summed E-state index contributed by atoms with van der Waals surface area (Å²) in [6, 6.07) is 56.6. The van der Waals surface area contributed by atoms with Crippen molar-refractivity contribution in [2.24, 2.45) is 0 Å². The zero-order valence-electron chi connectivity index (χ0n) is 27.0. The van der Waals surface area contributed by atoms with E-state index in [0.29, 0.717) is 5.82 Å². The van der Waals surface area contributed by atoms with Crippen molar-refractivity contribution in [1.29, 1.82) is 0 Å². The van der Waals surface area contributed by atoms with Gasteiger partial charge in [-0.1, -0.05) is 122 Å². The minimum Gasteiger partial charge on any atom is -0.285 e. The zero-order chi connectivity index (χ0) is 32.5. The first kappa shape index (κ1) is 32.5. The average Bonchev–Trinajstić information content (AvgIpc) is 3.69. The third-order valence-corrected chi connectivity index (χ3v) is 9.98. The largest absolute Gasteiger partial charge is 0.285 e. The summed E-state index contributed by atoms with van der Waals surface area (Å²) in [6.45, 7) is 4.61. The van der Waals surface area contributed by atoms with Gasteiger partial charge in [-0.2, -0.15) is 11.3 Å². The van der Waals surface area contributed by atoms with E-state index in [4.69, 9.17) is 9.97 Å². The summed E-state index contributed by atoms with van der Waals surface area (Å²) in [5, 5.41) is 1.05. The Morgan fingerprint density at radius 1 is 0.592 bits per heavy atom. The van der Waals surface area contributed by atoms with Crippen molar-refractivity contribution in [2.45, 2.75) is 19.3 Å². The van der Waals surface area contributed by atoms with Gasteiger partial charge in [0.25, 0.3) is 0 Å². The molecule has 0 spiro atoms. The number of hydrogen-bond donors (Lipinski definition) is 0. The molecule has 5 heteroatoms. The van der Waals surface area contributed by atoms with Gasteiger partial charge in [-0.25, -0.2) is 0 Å². The van der Waals surface area contributed by atoms with Crippen LogP contribution in [0, 0.1) is 12.1 Å². The molecule has 49 heavy (non-hydrogen) atoms. The van der Waals surface area contributed by atoms with Crippen LogP contribution in [0.2, 0.25) is 0 Å². The molecular formula is C44H31IrN3S-2. The minimum absolute atomic E-state index is 0. The van der Waals surface area contributed by atoms with Crippen molar-refractivity contribution >= 4 is 21.6 Å². The van der Waals surface area contributed by atoms with Crippen molar-refractivity contribution in [3.05, 3.63) is 175 Å². The normalized spacial score (nSPS) is 12.3. The molecule has 0 aliphatic heterocycles. The third-order valence-electron chi connectivity index (χ3n) is 8.91. The van der Waals surface area contributed by atoms with Gasteiger partial charge in [0, 0.05) is 36.0 Å². The summed E-state index contributed by atoms with van der Waals surface area (Å²) in [5.41, 5.74) is 12.8. The van der Waals surface area contributed by atoms with Crippen molar-refractivity contribution in [1.82, 2.24) is 15.0 Å². The molecular weight excluding hydrogens is 795 g/mol. The fraction of sp³-hybridized carbons (Fsp3) is 0.0682. The number of benzene rings is 6. The first-order chi connectivity index (χ1) is 23.5. The summed E-state index contributed by atoms with van der Waals surface area (Å²) in [6.07, 6.45) is 1.80. The minimum atomic E-state index is 0. The first-order valence-electron chi connectivity index (χ1n) is 16.0. The van der Waals surface area contributed by atoms with Crippen molar-refractivity contribution < 1.29 is 20.1 Å². The van der Waals surface area contributed by atoms with Gasteiger partial charge in [0.05, 0.1) is 17.0 Å².